The van der Waals surface area contributed by atoms with Gasteiger partial charge in [0.05, 0.1) is 12.1 Å². The fourth-order valence-electron chi connectivity index (χ4n) is 1.70. The first-order chi connectivity index (χ1) is 8.80. The number of hydrogen-bond donors (Lipinski definition) is 1. The van der Waals surface area contributed by atoms with Crippen LogP contribution in [0, 0.1) is 0 Å². The normalized spacial score (nSPS) is 14.3. The topological polar surface area (TPSA) is 66.5 Å². The van der Waals surface area contributed by atoms with Crippen LogP contribution >= 0.6 is 34.8 Å². The molecule has 0 aliphatic carbocycles. The Kier molecular flexibility index (Phi) is 3.71. The van der Waals surface area contributed by atoms with Crippen LogP contribution < -0.4 is 10.2 Å². The molecule has 0 unspecified atom stereocenters. The number of carbonyl (C=O) groups excluding carboxylic acids is 3. The number of alkyl halides is 3. The number of rotatable bonds is 0. The summed E-state index contributed by atoms with van der Waals surface area (Å²) in [6, 6.07) is 5.80. The highest BCUT2D eigenvalue weighted by Gasteiger charge is 2.37. The number of nitrogens with one attached hydrogen (secondary N) is 1. The fourth-order valence-corrected chi connectivity index (χ4v) is 1.84. The molecule has 0 saturated heterocycles. The fraction of sp³-hybridized carbons (Fsp3) is 0.182. The van der Waals surface area contributed by atoms with Crippen LogP contribution in [-0.2, 0) is 16.0 Å². The van der Waals surface area contributed by atoms with Gasteiger partial charge >= 0.3 is 6.03 Å². The predicted octanol–water partition coefficient (Wildman–Crippen LogP) is 2.18. The van der Waals surface area contributed by atoms with Crippen LogP contribution in [0.2, 0.25) is 0 Å². The van der Waals surface area contributed by atoms with E-state index in [0.29, 0.717) is 11.3 Å². The molecule has 1 aliphatic rings. The quantitative estimate of drug-likeness (QED) is 0.745. The number of benzene rings is 1. The van der Waals surface area contributed by atoms with Gasteiger partial charge in [0.2, 0.25) is 5.91 Å². The van der Waals surface area contributed by atoms with Crippen LogP contribution in [0.25, 0.3) is 0 Å². The van der Waals surface area contributed by atoms with E-state index in [2.05, 4.69) is 0 Å². The molecule has 0 atom stereocenters. The van der Waals surface area contributed by atoms with Gasteiger partial charge in [-0.25, -0.2) is 9.69 Å². The summed E-state index contributed by atoms with van der Waals surface area (Å²) in [6.45, 7) is 0. The van der Waals surface area contributed by atoms with Crippen LogP contribution in [0.15, 0.2) is 24.3 Å². The average molecular weight is 322 g/mol. The Labute approximate surface area is 123 Å². The van der Waals surface area contributed by atoms with Gasteiger partial charge in [0.25, 0.3) is 9.70 Å². The van der Waals surface area contributed by atoms with E-state index in [1.54, 1.807) is 24.3 Å². The Morgan fingerprint density at radius 3 is 2.47 bits per heavy atom. The molecule has 1 aromatic rings. The van der Waals surface area contributed by atoms with Gasteiger partial charge in [-0.2, -0.15) is 0 Å². The Bertz CT molecular complexity index is 569. The van der Waals surface area contributed by atoms with Crippen LogP contribution in [-0.4, -0.2) is 21.6 Å². The first-order valence-electron chi connectivity index (χ1n) is 5.13. The van der Waals surface area contributed by atoms with Crippen molar-refractivity contribution in [1.82, 2.24) is 5.32 Å². The van der Waals surface area contributed by atoms with E-state index < -0.39 is 21.6 Å². The van der Waals surface area contributed by atoms with Crippen LogP contribution in [0.5, 0.6) is 0 Å². The van der Waals surface area contributed by atoms with Gasteiger partial charge in [0, 0.05) is 0 Å². The highest BCUT2D eigenvalue weighted by molar-refractivity contribution is 6.76. The largest absolute Gasteiger partial charge is 0.335 e. The molecule has 4 amide bonds. The molecule has 0 saturated carbocycles. The number of urea groups is 1. The third-order valence-corrected chi connectivity index (χ3v) is 3.02. The standard InChI is InChI=1S/C11H7Cl3N2O3/c12-11(13,14)9(18)15-10(19)16-7-4-2-1-3-6(7)5-8(16)17/h1-4H,5H2,(H,15,18,19). The molecule has 0 radical (unpaired) electrons. The zero-order chi connectivity index (χ0) is 14.2. The maximum Gasteiger partial charge on any atom is 0.335 e. The second kappa shape index (κ2) is 5.00. The van der Waals surface area contributed by atoms with Gasteiger partial charge in [-0.3, -0.25) is 14.9 Å². The lowest BCUT2D eigenvalue weighted by molar-refractivity contribution is -0.119. The molecule has 1 aliphatic heterocycles. The van der Waals surface area contributed by atoms with Gasteiger partial charge in [0.15, 0.2) is 0 Å². The lowest BCUT2D eigenvalue weighted by atomic mass is 10.2. The van der Waals surface area contributed by atoms with Gasteiger partial charge < -0.3 is 0 Å². The van der Waals surface area contributed by atoms with E-state index >= 15 is 0 Å². The van der Waals surface area contributed by atoms with Gasteiger partial charge in [-0.05, 0) is 11.6 Å². The minimum absolute atomic E-state index is 0.0888. The molecule has 8 heteroatoms. The Morgan fingerprint density at radius 1 is 1.21 bits per heavy atom. The van der Waals surface area contributed by atoms with Crippen molar-refractivity contribution >= 4 is 58.3 Å². The predicted molar refractivity (Wildman–Crippen MR) is 71.5 cm³/mol. The van der Waals surface area contributed by atoms with Crippen molar-refractivity contribution in [3.05, 3.63) is 29.8 Å². The smallest absolute Gasteiger partial charge is 0.274 e. The summed E-state index contributed by atoms with van der Waals surface area (Å²) < 4.78 is -2.27. The molecule has 19 heavy (non-hydrogen) atoms. The number of nitrogens with zero attached hydrogens (tertiary/aromatic N) is 1. The summed E-state index contributed by atoms with van der Waals surface area (Å²) in [7, 11) is 0. The van der Waals surface area contributed by atoms with Crippen LogP contribution in [0.1, 0.15) is 5.56 Å². The number of halogens is 3. The number of imide groups is 2. The number of anilines is 1. The van der Waals surface area contributed by atoms with Gasteiger partial charge in [-0.15, -0.1) is 0 Å². The molecule has 0 fully saturated rings. The van der Waals surface area contributed by atoms with Crippen molar-refractivity contribution in [2.45, 2.75) is 10.2 Å². The number of carbonyl (C=O) groups is 3. The molecule has 100 valence electrons. The second-order valence-corrected chi connectivity index (χ2v) is 6.07. The first-order valence-corrected chi connectivity index (χ1v) is 6.27. The molecule has 1 N–H and O–H groups in total. The maximum absolute atomic E-state index is 11.9. The highest BCUT2D eigenvalue weighted by Crippen LogP contribution is 2.29. The van der Waals surface area contributed by atoms with Gasteiger partial charge in [-0.1, -0.05) is 53.0 Å². The molecule has 1 aromatic carbocycles. The summed E-state index contributed by atoms with van der Waals surface area (Å²) in [4.78, 5) is 35.9. The maximum atomic E-state index is 11.9. The van der Waals surface area contributed by atoms with E-state index in [1.165, 1.54) is 0 Å². The Balaban J connectivity index is 2.21. The molecule has 1 heterocycles. The highest BCUT2D eigenvalue weighted by atomic mass is 35.6. The molecule has 0 aromatic heterocycles. The van der Waals surface area contributed by atoms with E-state index in [0.717, 1.165) is 4.90 Å². The summed E-state index contributed by atoms with van der Waals surface area (Å²) in [5, 5.41) is 1.86. The molecule has 0 spiro atoms. The summed E-state index contributed by atoms with van der Waals surface area (Å²) >= 11 is 16.0. The number of fused-ring (bicyclic) bond motifs is 1. The third-order valence-electron chi connectivity index (χ3n) is 2.50. The van der Waals surface area contributed by atoms with Crippen molar-refractivity contribution in [2.24, 2.45) is 0 Å². The van der Waals surface area contributed by atoms with E-state index in [-0.39, 0.29) is 6.42 Å². The zero-order valence-electron chi connectivity index (χ0n) is 9.32. The van der Waals surface area contributed by atoms with Crippen molar-refractivity contribution in [1.29, 1.82) is 0 Å². The summed E-state index contributed by atoms with van der Waals surface area (Å²) in [6.07, 6.45) is 0.0888. The lowest BCUT2D eigenvalue weighted by Gasteiger charge is -2.17. The van der Waals surface area contributed by atoms with Crippen molar-refractivity contribution in [2.75, 3.05) is 4.90 Å². The molecule has 5 nitrogen and oxygen atoms in total. The van der Waals surface area contributed by atoms with E-state index in [4.69, 9.17) is 34.8 Å². The van der Waals surface area contributed by atoms with Crippen molar-refractivity contribution in [3.8, 4) is 0 Å². The second-order valence-electron chi connectivity index (χ2n) is 3.79. The van der Waals surface area contributed by atoms with E-state index in [9.17, 15) is 14.4 Å². The third kappa shape index (κ3) is 2.83. The minimum Gasteiger partial charge on any atom is -0.274 e. The number of hydrogen-bond acceptors (Lipinski definition) is 3. The molecular weight excluding hydrogens is 314 g/mol. The minimum atomic E-state index is -2.27. The summed E-state index contributed by atoms with van der Waals surface area (Å²) in [5.41, 5.74) is 1.12. The zero-order valence-corrected chi connectivity index (χ0v) is 11.6. The van der Waals surface area contributed by atoms with E-state index in [1.807, 2.05) is 5.32 Å². The Hall–Kier alpha value is -1.30. The molecule has 2 rings (SSSR count). The van der Waals surface area contributed by atoms with Gasteiger partial charge in [0.1, 0.15) is 0 Å². The van der Waals surface area contributed by atoms with Crippen LogP contribution in [0.4, 0.5) is 10.5 Å². The number of para-hydroxylation sites is 1. The van der Waals surface area contributed by atoms with Crippen LogP contribution in [0.3, 0.4) is 0 Å². The lowest BCUT2D eigenvalue weighted by Crippen LogP contribution is -2.48. The van der Waals surface area contributed by atoms with Crippen molar-refractivity contribution < 1.29 is 14.4 Å². The molecule has 0 bridgehead atoms. The Morgan fingerprint density at radius 2 is 1.84 bits per heavy atom. The monoisotopic (exact) mass is 320 g/mol. The average Bonchev–Trinajstić information content (AvgIpc) is 2.63. The summed E-state index contributed by atoms with van der Waals surface area (Å²) in [5.74, 6) is -1.56. The van der Waals surface area contributed by atoms with Crippen molar-refractivity contribution in [3.63, 3.8) is 0 Å². The molecular formula is C11H7Cl3N2O3. The number of amides is 4. The first kappa shape index (κ1) is 14.1. The SMILES string of the molecule is O=C1Cc2ccccc2N1C(=O)NC(=O)C(Cl)(Cl)Cl.